The molecule has 0 spiro atoms. The van der Waals surface area contributed by atoms with Crippen LogP contribution in [0.25, 0.3) is 11.2 Å². The van der Waals surface area contributed by atoms with Gasteiger partial charge in [0.05, 0.1) is 45.3 Å². The van der Waals surface area contributed by atoms with Crippen LogP contribution in [0.5, 0.6) is 0 Å². The molecule has 2 heterocycles. The molecule has 2 aromatic heterocycles. The predicted octanol–water partition coefficient (Wildman–Crippen LogP) is 2.29. The minimum atomic E-state index is -1.06. The van der Waals surface area contributed by atoms with E-state index in [2.05, 4.69) is 4.98 Å². The van der Waals surface area contributed by atoms with Gasteiger partial charge in [0.2, 0.25) is 0 Å². The van der Waals surface area contributed by atoms with Crippen LogP contribution in [0.3, 0.4) is 0 Å². The summed E-state index contributed by atoms with van der Waals surface area (Å²) in [5.41, 5.74) is 1.31. The topological polar surface area (TPSA) is 101 Å². The largest absolute Gasteiger partial charge is 0.389 e. The summed E-state index contributed by atoms with van der Waals surface area (Å²) in [5.74, 6) is 0. The van der Waals surface area contributed by atoms with Crippen LogP contribution in [0.15, 0.2) is 70.5 Å². The van der Waals surface area contributed by atoms with Crippen LogP contribution >= 0.6 is 11.6 Å². The second kappa shape index (κ2) is 11.5. The van der Waals surface area contributed by atoms with Crippen LogP contribution in [-0.2, 0) is 35.7 Å². The first-order valence-electron chi connectivity index (χ1n) is 11.2. The van der Waals surface area contributed by atoms with Gasteiger partial charge in [0.25, 0.3) is 5.56 Å². The van der Waals surface area contributed by atoms with Crippen LogP contribution in [0.1, 0.15) is 11.1 Å². The fourth-order valence-corrected chi connectivity index (χ4v) is 3.95. The molecule has 0 aliphatic carbocycles. The molecule has 0 aliphatic rings. The number of hydrogen-bond acceptors (Lipinski definition) is 6. The smallest absolute Gasteiger partial charge is 0.333 e. The number of rotatable bonds is 11. The summed E-state index contributed by atoms with van der Waals surface area (Å²) in [7, 11) is 1.57. The minimum absolute atomic E-state index is 0.0475. The Bertz CT molecular complexity index is 1380. The van der Waals surface area contributed by atoms with E-state index in [4.69, 9.17) is 21.1 Å². The van der Waals surface area contributed by atoms with Crippen LogP contribution < -0.4 is 11.2 Å². The van der Waals surface area contributed by atoms with Crippen molar-refractivity contribution in [2.75, 3.05) is 20.3 Å². The van der Waals surface area contributed by atoms with Gasteiger partial charge in [-0.05, 0) is 23.3 Å². The van der Waals surface area contributed by atoms with Gasteiger partial charge < -0.3 is 19.1 Å². The van der Waals surface area contributed by atoms with E-state index in [-0.39, 0.29) is 31.8 Å². The molecule has 0 radical (unpaired) electrons. The van der Waals surface area contributed by atoms with Crippen molar-refractivity contribution < 1.29 is 14.6 Å². The summed E-state index contributed by atoms with van der Waals surface area (Å²) >= 11 is 5.89. The number of methoxy groups -OCH3 is 1. The molecule has 4 rings (SSSR count). The normalized spacial score (nSPS) is 12.3. The third kappa shape index (κ3) is 5.88. The molecular weight excluding hydrogens is 472 g/mol. The Labute approximate surface area is 206 Å². The molecule has 2 aromatic carbocycles. The first-order valence-corrected chi connectivity index (χ1v) is 11.6. The van der Waals surface area contributed by atoms with Crippen molar-refractivity contribution >= 4 is 22.8 Å². The van der Waals surface area contributed by atoms with Crippen molar-refractivity contribution in [1.29, 1.82) is 0 Å². The number of imidazole rings is 1. The van der Waals surface area contributed by atoms with Crippen LogP contribution in [0.4, 0.5) is 0 Å². The summed E-state index contributed by atoms with van der Waals surface area (Å²) in [6, 6.07) is 16.6. The lowest BCUT2D eigenvalue weighted by Crippen LogP contribution is -2.44. The van der Waals surface area contributed by atoms with Crippen molar-refractivity contribution in [3.05, 3.63) is 97.9 Å². The molecule has 0 aliphatic heterocycles. The second-order valence-corrected chi connectivity index (χ2v) is 8.60. The second-order valence-electron chi connectivity index (χ2n) is 8.17. The van der Waals surface area contributed by atoms with E-state index in [9.17, 15) is 14.7 Å². The molecule has 0 saturated heterocycles. The van der Waals surface area contributed by atoms with Crippen molar-refractivity contribution in [3.8, 4) is 0 Å². The first kappa shape index (κ1) is 24.9. The number of aliphatic hydroxyl groups excluding tert-OH is 1. The quantitative estimate of drug-likeness (QED) is 0.340. The highest BCUT2D eigenvalue weighted by Gasteiger charge is 2.20. The standard InChI is InChI=1S/C25H27ClN4O5/c1-34-12-11-28-17-27-23-22(28)24(32)30(25(33)29(23)13-18-5-3-2-4-6-18)14-21(31)16-35-15-19-7-9-20(26)10-8-19/h2-10,17,21,31H,11-16H2,1H3. The van der Waals surface area contributed by atoms with Crippen molar-refractivity contribution in [2.45, 2.75) is 32.3 Å². The maximum absolute atomic E-state index is 13.4. The van der Waals surface area contributed by atoms with Gasteiger partial charge in [0.1, 0.15) is 0 Å². The zero-order chi connectivity index (χ0) is 24.8. The lowest BCUT2D eigenvalue weighted by Gasteiger charge is -2.16. The average molecular weight is 499 g/mol. The zero-order valence-corrected chi connectivity index (χ0v) is 20.1. The highest BCUT2D eigenvalue weighted by atomic mass is 35.5. The van der Waals surface area contributed by atoms with Crippen molar-refractivity contribution in [1.82, 2.24) is 18.7 Å². The molecule has 184 valence electrons. The predicted molar refractivity (Wildman–Crippen MR) is 133 cm³/mol. The van der Waals surface area contributed by atoms with Gasteiger partial charge in [0, 0.05) is 18.7 Å². The molecule has 9 nitrogen and oxygen atoms in total. The summed E-state index contributed by atoms with van der Waals surface area (Å²) < 4.78 is 14.9. The SMILES string of the molecule is COCCn1cnc2c1c(=O)n(CC(O)COCc1ccc(Cl)cc1)c(=O)n2Cc1ccccc1. The molecule has 35 heavy (non-hydrogen) atoms. The average Bonchev–Trinajstić information content (AvgIpc) is 3.29. The molecule has 1 unspecified atom stereocenters. The van der Waals surface area contributed by atoms with Gasteiger partial charge in [-0.15, -0.1) is 0 Å². The summed E-state index contributed by atoms with van der Waals surface area (Å²) in [5, 5.41) is 11.2. The molecule has 10 heteroatoms. The molecule has 1 atom stereocenters. The Hall–Kier alpha value is -3.24. The van der Waals surface area contributed by atoms with E-state index in [0.717, 1.165) is 15.7 Å². The van der Waals surface area contributed by atoms with Crippen LogP contribution in [-0.4, -0.2) is 50.2 Å². The molecular formula is C25H27ClN4O5. The number of fused-ring (bicyclic) bond motifs is 1. The number of aromatic nitrogens is 4. The Morgan fingerprint density at radius 2 is 1.77 bits per heavy atom. The van der Waals surface area contributed by atoms with Gasteiger partial charge in [-0.3, -0.25) is 13.9 Å². The van der Waals surface area contributed by atoms with Crippen molar-refractivity contribution in [2.24, 2.45) is 0 Å². The van der Waals surface area contributed by atoms with Crippen molar-refractivity contribution in [3.63, 3.8) is 0 Å². The van der Waals surface area contributed by atoms with Crippen LogP contribution in [0, 0.1) is 0 Å². The number of halogens is 1. The molecule has 1 N–H and O–H groups in total. The Morgan fingerprint density at radius 1 is 1.03 bits per heavy atom. The fraction of sp³-hybridized carbons (Fsp3) is 0.320. The summed E-state index contributed by atoms with van der Waals surface area (Å²) in [6.45, 7) is 1.03. The lowest BCUT2D eigenvalue weighted by molar-refractivity contribution is 0.0192. The van der Waals surface area contributed by atoms with E-state index in [0.29, 0.717) is 23.8 Å². The van der Waals surface area contributed by atoms with Gasteiger partial charge in [-0.2, -0.15) is 0 Å². The Morgan fingerprint density at radius 3 is 2.49 bits per heavy atom. The summed E-state index contributed by atoms with van der Waals surface area (Å²) in [4.78, 5) is 31.1. The molecule has 0 bridgehead atoms. The Balaban J connectivity index is 1.62. The van der Waals surface area contributed by atoms with E-state index in [1.807, 2.05) is 42.5 Å². The highest BCUT2D eigenvalue weighted by Crippen LogP contribution is 2.12. The lowest BCUT2D eigenvalue weighted by atomic mass is 10.2. The van der Waals surface area contributed by atoms with Crippen LogP contribution in [0.2, 0.25) is 5.02 Å². The molecule has 4 aromatic rings. The van der Waals surface area contributed by atoms with Gasteiger partial charge >= 0.3 is 5.69 Å². The first-order chi connectivity index (χ1) is 17.0. The number of ether oxygens (including phenoxy) is 2. The van der Waals surface area contributed by atoms with Gasteiger partial charge in [-0.25, -0.2) is 9.78 Å². The van der Waals surface area contributed by atoms with Gasteiger partial charge in [-0.1, -0.05) is 54.1 Å². The molecule has 0 fully saturated rings. The molecule has 0 saturated carbocycles. The number of benzene rings is 2. The van der Waals surface area contributed by atoms with E-state index in [1.54, 1.807) is 23.8 Å². The number of hydrogen-bond donors (Lipinski definition) is 1. The Kier molecular flexibility index (Phi) is 8.14. The van der Waals surface area contributed by atoms with E-state index in [1.165, 1.54) is 10.9 Å². The zero-order valence-electron chi connectivity index (χ0n) is 19.3. The third-order valence-corrected chi connectivity index (χ3v) is 5.84. The molecule has 0 amide bonds. The third-order valence-electron chi connectivity index (χ3n) is 5.59. The maximum atomic E-state index is 13.4. The minimum Gasteiger partial charge on any atom is -0.389 e. The summed E-state index contributed by atoms with van der Waals surface area (Å²) in [6.07, 6.45) is 0.466. The maximum Gasteiger partial charge on any atom is 0.333 e. The van der Waals surface area contributed by atoms with Gasteiger partial charge in [0.15, 0.2) is 11.2 Å². The van der Waals surface area contributed by atoms with E-state index >= 15 is 0 Å². The highest BCUT2D eigenvalue weighted by molar-refractivity contribution is 6.30. The number of nitrogens with zero attached hydrogens (tertiary/aromatic N) is 4. The number of aliphatic hydroxyl groups is 1. The fourth-order valence-electron chi connectivity index (χ4n) is 3.82. The monoisotopic (exact) mass is 498 g/mol. The van der Waals surface area contributed by atoms with E-state index < -0.39 is 17.4 Å².